The summed E-state index contributed by atoms with van der Waals surface area (Å²) in [7, 11) is 3.18. The van der Waals surface area contributed by atoms with Crippen molar-refractivity contribution in [1.82, 2.24) is 4.90 Å². The summed E-state index contributed by atoms with van der Waals surface area (Å²) < 4.78 is 10.9. The maximum Gasteiger partial charge on any atom is 0.329 e. The number of carbonyl (C=O) groups excluding carboxylic acids is 1. The van der Waals surface area contributed by atoms with Gasteiger partial charge in [-0.2, -0.15) is 0 Å². The molecule has 1 rings (SSSR count). The van der Waals surface area contributed by atoms with Gasteiger partial charge < -0.3 is 19.5 Å². The Kier molecular flexibility index (Phi) is 6.47. The van der Waals surface area contributed by atoms with Crippen molar-refractivity contribution in [2.75, 3.05) is 27.4 Å². The predicted octanol–water partition coefficient (Wildman–Crippen LogP) is 1.52. The number of nitrogens with zero attached hydrogens (tertiary/aromatic N) is 1. The zero-order chi connectivity index (χ0) is 15.1. The van der Waals surface area contributed by atoms with E-state index >= 15 is 0 Å². The summed E-state index contributed by atoms with van der Waals surface area (Å²) in [4.78, 5) is 23.5. The second-order valence-electron chi connectivity index (χ2n) is 4.09. The first-order chi connectivity index (χ1) is 9.43. The van der Waals surface area contributed by atoms with Gasteiger partial charge in [0.25, 0.3) is 0 Å². The minimum atomic E-state index is -1.10. The molecule has 0 atom stereocenters. The predicted molar refractivity (Wildman–Crippen MR) is 75.6 cm³/mol. The highest BCUT2D eigenvalue weighted by molar-refractivity contribution is 9.10. The molecule has 1 aromatic carbocycles. The second-order valence-corrected chi connectivity index (χ2v) is 5.01. The molecule has 1 amide bonds. The van der Waals surface area contributed by atoms with Gasteiger partial charge in [0.1, 0.15) is 19.0 Å². The number of carboxylic acid groups (broad SMARTS) is 1. The number of hydrogen-bond donors (Lipinski definition) is 1. The first-order valence-corrected chi connectivity index (χ1v) is 6.59. The summed E-state index contributed by atoms with van der Waals surface area (Å²) >= 11 is 3.36. The molecule has 0 aliphatic rings. The molecule has 0 aromatic heterocycles. The molecule has 1 N–H and O–H groups in total. The van der Waals surface area contributed by atoms with E-state index in [0.29, 0.717) is 12.3 Å². The highest BCUT2D eigenvalue weighted by Gasteiger charge is 2.13. The number of ether oxygens (including phenoxy) is 2. The van der Waals surface area contributed by atoms with Crippen molar-refractivity contribution in [2.24, 2.45) is 0 Å². The molecule has 6 nitrogen and oxygen atoms in total. The van der Waals surface area contributed by atoms with Crippen molar-refractivity contribution in [3.05, 3.63) is 28.2 Å². The van der Waals surface area contributed by atoms with E-state index in [9.17, 15) is 9.59 Å². The third-order valence-electron chi connectivity index (χ3n) is 2.53. The highest BCUT2D eigenvalue weighted by atomic mass is 79.9. The lowest BCUT2D eigenvalue weighted by atomic mass is 10.2. The van der Waals surface area contributed by atoms with Crippen LogP contribution in [0.5, 0.6) is 5.75 Å². The van der Waals surface area contributed by atoms with Crippen molar-refractivity contribution in [2.45, 2.75) is 6.54 Å². The summed E-state index contributed by atoms with van der Waals surface area (Å²) in [5, 5.41) is 8.43. The lowest BCUT2D eigenvalue weighted by Crippen LogP contribution is -2.30. The van der Waals surface area contributed by atoms with Crippen molar-refractivity contribution in [1.29, 1.82) is 0 Å². The molecule has 0 aliphatic heterocycles. The van der Waals surface area contributed by atoms with Gasteiger partial charge in [0.05, 0.1) is 7.11 Å². The molecule has 20 heavy (non-hydrogen) atoms. The summed E-state index contributed by atoms with van der Waals surface area (Å²) in [6, 6.07) is 5.51. The maximum atomic E-state index is 11.8. The van der Waals surface area contributed by atoms with E-state index in [0.717, 1.165) is 10.0 Å². The molecule has 1 aromatic rings. The van der Waals surface area contributed by atoms with E-state index < -0.39 is 12.6 Å². The van der Waals surface area contributed by atoms with Crippen molar-refractivity contribution >= 4 is 27.8 Å². The Morgan fingerprint density at radius 3 is 2.65 bits per heavy atom. The fourth-order valence-electron chi connectivity index (χ4n) is 1.55. The summed E-state index contributed by atoms with van der Waals surface area (Å²) in [5.74, 6) is -0.721. The monoisotopic (exact) mass is 345 g/mol. The fraction of sp³-hybridized carbons (Fsp3) is 0.385. The Hall–Kier alpha value is -1.60. The van der Waals surface area contributed by atoms with Crippen LogP contribution in [0.25, 0.3) is 0 Å². The lowest BCUT2D eigenvalue weighted by Gasteiger charge is -2.19. The molecule has 110 valence electrons. The third kappa shape index (κ3) is 5.18. The molecule has 0 saturated carbocycles. The van der Waals surface area contributed by atoms with Gasteiger partial charge in [-0.05, 0) is 18.2 Å². The first-order valence-electron chi connectivity index (χ1n) is 5.80. The van der Waals surface area contributed by atoms with Crippen LogP contribution in [0, 0.1) is 0 Å². The van der Waals surface area contributed by atoms with Crippen LogP contribution in [0.15, 0.2) is 22.7 Å². The number of benzene rings is 1. The number of amides is 1. The third-order valence-corrected chi connectivity index (χ3v) is 3.02. The normalized spacial score (nSPS) is 10.2. The fourth-order valence-corrected chi connectivity index (χ4v) is 1.96. The number of carbonyl (C=O) groups is 2. The molecule has 0 bridgehead atoms. The van der Waals surface area contributed by atoms with Gasteiger partial charge in [-0.3, -0.25) is 4.79 Å². The largest absolute Gasteiger partial charge is 0.496 e. The quantitative estimate of drug-likeness (QED) is 0.810. The molecule has 0 aliphatic carbocycles. The van der Waals surface area contributed by atoms with Crippen molar-refractivity contribution in [3.63, 3.8) is 0 Å². The minimum absolute atomic E-state index is 0.265. The van der Waals surface area contributed by atoms with Crippen molar-refractivity contribution in [3.8, 4) is 5.75 Å². The maximum absolute atomic E-state index is 11.8. The molecular weight excluding hydrogens is 330 g/mol. The zero-order valence-electron chi connectivity index (χ0n) is 11.3. The molecule has 7 heteroatoms. The van der Waals surface area contributed by atoms with Gasteiger partial charge in [-0.1, -0.05) is 15.9 Å². The molecule has 0 unspecified atom stereocenters. The van der Waals surface area contributed by atoms with Crippen LogP contribution in [0.4, 0.5) is 0 Å². The SMILES string of the molecule is COc1ccc(Br)cc1CN(C)C(=O)COCC(=O)O. The Morgan fingerprint density at radius 1 is 1.35 bits per heavy atom. The van der Waals surface area contributed by atoms with Crippen LogP contribution < -0.4 is 4.74 Å². The van der Waals surface area contributed by atoms with Gasteiger partial charge >= 0.3 is 5.97 Å². The average molecular weight is 346 g/mol. The Balaban J connectivity index is 2.61. The highest BCUT2D eigenvalue weighted by Crippen LogP contribution is 2.24. The number of hydrogen-bond acceptors (Lipinski definition) is 4. The Labute approximate surface area is 125 Å². The number of aliphatic carboxylic acids is 1. The topological polar surface area (TPSA) is 76.1 Å². The van der Waals surface area contributed by atoms with E-state index in [1.807, 2.05) is 12.1 Å². The van der Waals surface area contributed by atoms with Gasteiger partial charge in [-0.25, -0.2) is 4.79 Å². The molecular formula is C13H16BrNO5. The first kappa shape index (κ1) is 16.5. The van der Waals surface area contributed by atoms with Crippen LogP contribution in [-0.2, 0) is 20.9 Å². The Morgan fingerprint density at radius 2 is 2.05 bits per heavy atom. The number of likely N-dealkylation sites (N-methyl/N-ethyl adjacent to an activating group) is 1. The zero-order valence-corrected chi connectivity index (χ0v) is 12.8. The number of methoxy groups -OCH3 is 1. The second kappa shape index (κ2) is 7.86. The minimum Gasteiger partial charge on any atom is -0.496 e. The smallest absolute Gasteiger partial charge is 0.329 e. The molecule has 0 radical (unpaired) electrons. The van der Waals surface area contributed by atoms with Crippen LogP contribution in [-0.4, -0.2) is 49.3 Å². The van der Waals surface area contributed by atoms with Crippen LogP contribution in [0.1, 0.15) is 5.56 Å². The molecule has 0 heterocycles. The number of halogens is 1. The molecule has 0 saturated heterocycles. The molecule has 0 spiro atoms. The summed E-state index contributed by atoms with van der Waals surface area (Å²) in [6.45, 7) is -0.406. The Bertz CT molecular complexity index is 492. The van der Waals surface area contributed by atoms with Crippen LogP contribution >= 0.6 is 15.9 Å². The van der Waals surface area contributed by atoms with Gasteiger partial charge in [0.2, 0.25) is 5.91 Å². The lowest BCUT2D eigenvalue weighted by molar-refractivity contribution is -0.145. The standard InChI is InChI=1S/C13H16BrNO5/c1-15(12(16)7-20-8-13(17)18)6-9-5-10(14)3-4-11(9)19-2/h3-5H,6-8H2,1-2H3,(H,17,18). The number of carboxylic acids is 1. The molecule has 0 fully saturated rings. The summed E-state index contributed by atoms with van der Waals surface area (Å²) in [5.41, 5.74) is 0.843. The van der Waals surface area contributed by atoms with E-state index in [4.69, 9.17) is 14.6 Å². The van der Waals surface area contributed by atoms with Gasteiger partial charge in [0, 0.05) is 23.6 Å². The van der Waals surface area contributed by atoms with Gasteiger partial charge in [-0.15, -0.1) is 0 Å². The van der Waals surface area contributed by atoms with Gasteiger partial charge in [0.15, 0.2) is 0 Å². The van der Waals surface area contributed by atoms with E-state index in [1.165, 1.54) is 4.90 Å². The van der Waals surface area contributed by atoms with Crippen molar-refractivity contribution < 1.29 is 24.2 Å². The van der Waals surface area contributed by atoms with Crippen LogP contribution in [0.3, 0.4) is 0 Å². The number of rotatable bonds is 7. The van der Waals surface area contributed by atoms with E-state index in [-0.39, 0.29) is 12.5 Å². The summed E-state index contributed by atoms with van der Waals surface area (Å²) in [6.07, 6.45) is 0. The van der Waals surface area contributed by atoms with Crippen LogP contribution in [0.2, 0.25) is 0 Å². The van der Waals surface area contributed by atoms with E-state index in [2.05, 4.69) is 15.9 Å². The average Bonchev–Trinajstić information content (AvgIpc) is 2.38. The van der Waals surface area contributed by atoms with E-state index in [1.54, 1.807) is 20.2 Å².